The largest absolute Gasteiger partial charge is 0.469 e. The zero-order valence-electron chi connectivity index (χ0n) is 21.6. The molecule has 0 unspecified atom stereocenters. The van der Waals surface area contributed by atoms with Crippen molar-refractivity contribution >= 4 is 54.9 Å². The molecule has 3 heterocycles. The Morgan fingerprint density at radius 3 is 2.58 bits per heavy atom. The zero-order valence-corrected chi connectivity index (χ0v) is 23.2. The van der Waals surface area contributed by atoms with E-state index >= 15 is 0 Å². The number of carbonyl (C=O) groups is 1. The molecule has 0 atom stereocenters. The van der Waals surface area contributed by atoms with Crippen LogP contribution in [0.15, 0.2) is 75.5 Å². The molecule has 3 aromatic heterocycles. The van der Waals surface area contributed by atoms with Crippen molar-refractivity contribution in [3.05, 3.63) is 88.1 Å². The van der Waals surface area contributed by atoms with Gasteiger partial charge in [-0.1, -0.05) is 23.5 Å². The molecule has 0 spiro atoms. The van der Waals surface area contributed by atoms with E-state index < -0.39 is 21.6 Å². The Morgan fingerprint density at radius 2 is 1.88 bits per heavy atom. The molecule has 12 nitrogen and oxygen atoms in total. The Morgan fingerprint density at radius 1 is 1.12 bits per heavy atom. The Hall–Kier alpha value is -4.69. The third-order valence-corrected chi connectivity index (χ3v) is 8.18. The Bertz CT molecular complexity index is 1890. The molecule has 0 saturated heterocycles. The van der Waals surface area contributed by atoms with Crippen LogP contribution in [0.4, 0.5) is 11.6 Å². The van der Waals surface area contributed by atoms with Gasteiger partial charge in [0.15, 0.2) is 0 Å². The van der Waals surface area contributed by atoms with Crippen LogP contribution in [0, 0.1) is 6.92 Å². The lowest BCUT2D eigenvalue weighted by Crippen LogP contribution is -2.20. The van der Waals surface area contributed by atoms with Gasteiger partial charge in [-0.05, 0) is 56.3 Å². The fourth-order valence-electron chi connectivity index (χ4n) is 3.92. The van der Waals surface area contributed by atoms with E-state index in [1.807, 2.05) is 24.3 Å². The molecule has 0 aliphatic rings. The van der Waals surface area contributed by atoms with E-state index in [4.69, 9.17) is 4.74 Å². The number of methoxy groups -OCH3 is 1. The number of carbonyl (C=O) groups excluding carboxylic acids is 1. The summed E-state index contributed by atoms with van der Waals surface area (Å²) >= 11 is 1.32. The predicted octanol–water partition coefficient (Wildman–Crippen LogP) is 3.53. The Labute approximate surface area is 232 Å². The van der Waals surface area contributed by atoms with Gasteiger partial charge in [-0.3, -0.25) is 19.7 Å². The number of nitrogens with zero attached hydrogens (tertiary/aromatic N) is 5. The number of thiazole rings is 1. The van der Waals surface area contributed by atoms with E-state index in [2.05, 4.69) is 29.8 Å². The second-order valence-electron chi connectivity index (χ2n) is 8.64. The molecule has 0 fully saturated rings. The van der Waals surface area contributed by atoms with Crippen LogP contribution in [0.5, 0.6) is 0 Å². The lowest BCUT2D eigenvalue weighted by molar-refractivity contribution is -0.139. The number of aromatic amines is 1. The van der Waals surface area contributed by atoms with Gasteiger partial charge in [0.05, 0.1) is 51.3 Å². The third-order valence-electron chi connectivity index (χ3n) is 5.81. The maximum atomic E-state index is 13.5. The summed E-state index contributed by atoms with van der Waals surface area (Å²) in [5.41, 5.74) is 2.16. The fourth-order valence-corrected chi connectivity index (χ4v) is 5.79. The second-order valence-corrected chi connectivity index (χ2v) is 11.3. The highest BCUT2D eigenvalue weighted by atomic mass is 32.2. The number of aromatic nitrogens is 5. The third kappa shape index (κ3) is 5.53. The van der Waals surface area contributed by atoms with Gasteiger partial charge in [0.25, 0.3) is 15.6 Å². The zero-order chi connectivity index (χ0) is 28.4. The first-order valence-electron chi connectivity index (χ1n) is 11.9. The van der Waals surface area contributed by atoms with Crippen LogP contribution in [0.25, 0.3) is 15.3 Å². The van der Waals surface area contributed by atoms with Crippen molar-refractivity contribution in [2.24, 2.45) is 4.99 Å². The van der Waals surface area contributed by atoms with Crippen LogP contribution in [0.3, 0.4) is 0 Å². The monoisotopic (exact) mass is 577 g/mol. The number of rotatable bonds is 8. The highest BCUT2D eigenvalue weighted by Crippen LogP contribution is 2.24. The molecule has 0 radical (unpaired) electrons. The van der Waals surface area contributed by atoms with Gasteiger partial charge in [0.2, 0.25) is 11.1 Å². The number of esters is 1. The molecule has 2 aromatic carbocycles. The topological polar surface area (TPSA) is 161 Å². The SMILES string of the molecule is COC(=O)Cc1[nH]n(-c2nc3ccccc3s2)c(=O)c1C(C)=Nc1ccc(S(=O)(=O)Nc2nccc(C)n2)cc1. The van der Waals surface area contributed by atoms with Gasteiger partial charge in [0, 0.05) is 11.9 Å². The summed E-state index contributed by atoms with van der Waals surface area (Å²) in [5.74, 6) is -0.570. The Kier molecular flexibility index (Phi) is 7.28. The molecule has 0 aliphatic carbocycles. The van der Waals surface area contributed by atoms with E-state index in [1.165, 1.54) is 53.6 Å². The van der Waals surface area contributed by atoms with Crippen LogP contribution in [-0.4, -0.2) is 51.9 Å². The van der Waals surface area contributed by atoms with Crippen LogP contribution >= 0.6 is 11.3 Å². The van der Waals surface area contributed by atoms with Crippen molar-refractivity contribution in [2.45, 2.75) is 25.2 Å². The fraction of sp³-hybridized carbons (Fsp3) is 0.154. The molecule has 0 bridgehead atoms. The molecule has 5 aromatic rings. The molecule has 2 N–H and O–H groups in total. The molecule has 14 heteroatoms. The summed E-state index contributed by atoms with van der Waals surface area (Å²) in [6, 6.07) is 14.9. The molecular formula is C26H23N7O5S2. The van der Waals surface area contributed by atoms with Gasteiger partial charge in [-0.2, -0.15) is 4.68 Å². The van der Waals surface area contributed by atoms with Gasteiger partial charge in [-0.25, -0.2) is 28.1 Å². The minimum atomic E-state index is -3.93. The highest BCUT2D eigenvalue weighted by Gasteiger charge is 2.22. The Balaban J connectivity index is 1.48. The number of para-hydroxylation sites is 1. The van der Waals surface area contributed by atoms with Crippen molar-refractivity contribution < 1.29 is 17.9 Å². The molecule has 0 aliphatic heterocycles. The first kappa shape index (κ1) is 26.9. The smallest absolute Gasteiger partial charge is 0.311 e. The number of aliphatic imine (C=N–C) groups is 1. The number of hydrogen-bond acceptors (Lipinski definition) is 10. The number of aryl methyl sites for hydroxylation is 1. The van der Waals surface area contributed by atoms with E-state index in [1.54, 1.807) is 19.9 Å². The number of benzene rings is 2. The number of ether oxygens (including phenoxy) is 1. The van der Waals surface area contributed by atoms with Gasteiger partial charge in [-0.15, -0.1) is 0 Å². The van der Waals surface area contributed by atoms with Crippen LogP contribution in [-0.2, 0) is 26.0 Å². The number of H-pyrrole nitrogens is 1. The van der Waals surface area contributed by atoms with Crippen LogP contribution in [0.2, 0.25) is 0 Å². The van der Waals surface area contributed by atoms with Gasteiger partial charge < -0.3 is 4.74 Å². The second kappa shape index (κ2) is 10.8. The van der Waals surface area contributed by atoms with E-state index in [0.717, 1.165) is 10.2 Å². The lowest BCUT2D eigenvalue weighted by Gasteiger charge is -2.07. The van der Waals surface area contributed by atoms with Crippen molar-refractivity contribution in [1.82, 2.24) is 24.7 Å². The molecule has 204 valence electrons. The van der Waals surface area contributed by atoms with Crippen molar-refractivity contribution in [3.63, 3.8) is 0 Å². The predicted molar refractivity (Wildman–Crippen MR) is 151 cm³/mol. The van der Waals surface area contributed by atoms with E-state index in [9.17, 15) is 18.0 Å². The first-order chi connectivity index (χ1) is 19.1. The standard InChI is InChI=1S/C26H23N7O5S2/c1-15-12-13-27-25(28-15)32-40(36,37)18-10-8-17(9-11-18)29-16(2)23-20(14-22(34)38-3)31-33(24(23)35)26-30-19-6-4-5-7-21(19)39-26/h4-13,31H,14H2,1-3H3,(H,27,28,32). The van der Waals surface area contributed by atoms with E-state index in [0.29, 0.717) is 27.9 Å². The maximum Gasteiger partial charge on any atom is 0.311 e. The van der Waals surface area contributed by atoms with Crippen LogP contribution < -0.4 is 10.3 Å². The average Bonchev–Trinajstić information content (AvgIpc) is 3.49. The molecule has 5 rings (SSSR count). The maximum absolute atomic E-state index is 13.5. The number of sulfonamides is 1. The van der Waals surface area contributed by atoms with Gasteiger partial charge >= 0.3 is 5.97 Å². The summed E-state index contributed by atoms with van der Waals surface area (Å²) < 4.78 is 34.9. The quantitative estimate of drug-likeness (QED) is 0.209. The summed E-state index contributed by atoms with van der Waals surface area (Å²) in [7, 11) is -2.67. The summed E-state index contributed by atoms with van der Waals surface area (Å²) in [6.45, 7) is 3.36. The van der Waals surface area contributed by atoms with Crippen molar-refractivity contribution in [1.29, 1.82) is 0 Å². The van der Waals surface area contributed by atoms with Crippen molar-refractivity contribution in [3.8, 4) is 5.13 Å². The van der Waals surface area contributed by atoms with Gasteiger partial charge in [0.1, 0.15) is 0 Å². The average molecular weight is 578 g/mol. The first-order valence-corrected chi connectivity index (χ1v) is 14.2. The molecule has 40 heavy (non-hydrogen) atoms. The number of fused-ring (bicyclic) bond motifs is 1. The summed E-state index contributed by atoms with van der Waals surface area (Å²) in [6.07, 6.45) is 1.27. The van der Waals surface area contributed by atoms with Crippen LogP contribution in [0.1, 0.15) is 23.9 Å². The molecular weight excluding hydrogens is 554 g/mol. The molecule has 0 amide bonds. The highest BCUT2D eigenvalue weighted by molar-refractivity contribution is 7.92. The normalized spacial score (nSPS) is 12.0. The lowest BCUT2D eigenvalue weighted by atomic mass is 10.1. The number of nitrogens with one attached hydrogen (secondary N) is 2. The number of hydrogen-bond donors (Lipinski definition) is 2. The van der Waals surface area contributed by atoms with Crippen molar-refractivity contribution in [2.75, 3.05) is 11.8 Å². The minimum Gasteiger partial charge on any atom is -0.469 e. The van der Waals surface area contributed by atoms with E-state index in [-0.39, 0.29) is 22.8 Å². The molecule has 0 saturated carbocycles. The number of anilines is 1. The summed E-state index contributed by atoms with van der Waals surface area (Å²) in [4.78, 5) is 42.7. The summed E-state index contributed by atoms with van der Waals surface area (Å²) in [5, 5.41) is 3.40. The minimum absolute atomic E-state index is 0.0135.